The molecule has 0 amide bonds. The Kier molecular flexibility index (Phi) is 3.87. The molecule has 7 heteroatoms. The van der Waals surface area contributed by atoms with E-state index >= 15 is 0 Å². The van der Waals surface area contributed by atoms with E-state index in [1.54, 1.807) is 18.2 Å². The Morgan fingerprint density at radius 3 is 2.63 bits per heavy atom. The molecule has 4 nitrogen and oxygen atoms in total. The van der Waals surface area contributed by atoms with E-state index in [1.807, 2.05) is 0 Å². The molecular weight excluding hydrogens is 274 g/mol. The van der Waals surface area contributed by atoms with Gasteiger partial charge in [-0.15, -0.1) is 0 Å². The van der Waals surface area contributed by atoms with Gasteiger partial charge in [-0.2, -0.15) is 0 Å². The van der Waals surface area contributed by atoms with Crippen LogP contribution in [-0.2, 0) is 16.6 Å². The van der Waals surface area contributed by atoms with Gasteiger partial charge in [0, 0.05) is 6.20 Å². The summed E-state index contributed by atoms with van der Waals surface area (Å²) >= 11 is 0. The zero-order chi connectivity index (χ0) is 13.9. The Bertz CT molecular complexity index is 675. The van der Waals surface area contributed by atoms with E-state index in [1.165, 1.54) is 6.20 Å². The maximum Gasteiger partial charge on any atom is 0.243 e. The fourth-order valence-corrected chi connectivity index (χ4v) is 2.52. The van der Waals surface area contributed by atoms with Crippen molar-refractivity contribution >= 4 is 10.0 Å². The van der Waals surface area contributed by atoms with E-state index in [0.29, 0.717) is 11.8 Å². The number of sulfonamides is 1. The molecule has 0 aliphatic heterocycles. The third-order valence-corrected chi connectivity index (χ3v) is 3.77. The first-order valence-electron chi connectivity index (χ1n) is 5.34. The van der Waals surface area contributed by atoms with E-state index in [4.69, 9.17) is 0 Å². The Morgan fingerprint density at radius 2 is 1.95 bits per heavy atom. The second-order valence-electron chi connectivity index (χ2n) is 3.72. The van der Waals surface area contributed by atoms with Crippen molar-refractivity contribution < 1.29 is 17.2 Å². The van der Waals surface area contributed by atoms with Gasteiger partial charge >= 0.3 is 0 Å². The summed E-state index contributed by atoms with van der Waals surface area (Å²) in [5.41, 5.74) is 0.475. The minimum Gasteiger partial charge on any atom is -0.260 e. The number of hydrogen-bond acceptors (Lipinski definition) is 3. The van der Waals surface area contributed by atoms with Gasteiger partial charge in [-0.25, -0.2) is 21.9 Å². The summed E-state index contributed by atoms with van der Waals surface area (Å²) in [6, 6.07) is 7.25. The lowest BCUT2D eigenvalue weighted by molar-refractivity contribution is 0.545. The van der Waals surface area contributed by atoms with Crippen LogP contribution in [-0.4, -0.2) is 13.4 Å². The van der Waals surface area contributed by atoms with Gasteiger partial charge in [0.2, 0.25) is 10.0 Å². The van der Waals surface area contributed by atoms with Crippen LogP contribution in [0.5, 0.6) is 0 Å². The molecule has 0 aliphatic carbocycles. The molecule has 0 aliphatic rings. The standard InChI is InChI=1S/C12H10F2N2O2S/c13-9-4-5-11(14)12(7-9)19(17,18)16-8-10-3-1-2-6-15-10/h1-7,16H,8H2. The van der Waals surface area contributed by atoms with Crippen molar-refractivity contribution in [2.75, 3.05) is 0 Å². The van der Waals surface area contributed by atoms with Crippen molar-refractivity contribution in [2.24, 2.45) is 0 Å². The van der Waals surface area contributed by atoms with E-state index in [0.717, 1.165) is 12.1 Å². The minimum atomic E-state index is -4.12. The molecule has 19 heavy (non-hydrogen) atoms. The van der Waals surface area contributed by atoms with Gasteiger partial charge in [-0.05, 0) is 30.3 Å². The van der Waals surface area contributed by atoms with Crippen LogP contribution in [0, 0.1) is 11.6 Å². The summed E-state index contributed by atoms with van der Waals surface area (Å²) in [6.07, 6.45) is 1.51. The molecule has 2 rings (SSSR count). The second kappa shape index (κ2) is 5.41. The number of halogens is 2. The molecule has 1 aromatic carbocycles. The van der Waals surface area contributed by atoms with Crippen LogP contribution in [0.3, 0.4) is 0 Å². The summed E-state index contributed by atoms with van der Waals surface area (Å²) in [7, 11) is -4.12. The maximum absolute atomic E-state index is 13.4. The first kappa shape index (κ1) is 13.6. The molecule has 0 bridgehead atoms. The van der Waals surface area contributed by atoms with Crippen LogP contribution in [0.4, 0.5) is 8.78 Å². The average Bonchev–Trinajstić information content (AvgIpc) is 2.40. The molecule has 2 aromatic rings. The third kappa shape index (κ3) is 3.33. The van der Waals surface area contributed by atoms with E-state index in [-0.39, 0.29) is 6.54 Å². The van der Waals surface area contributed by atoms with Crippen LogP contribution < -0.4 is 4.72 Å². The number of benzene rings is 1. The fraction of sp³-hybridized carbons (Fsp3) is 0.0833. The normalized spacial score (nSPS) is 11.5. The summed E-state index contributed by atoms with van der Waals surface area (Å²) in [5, 5.41) is 0. The number of nitrogens with zero attached hydrogens (tertiary/aromatic N) is 1. The monoisotopic (exact) mass is 284 g/mol. The Balaban J connectivity index is 2.21. The number of nitrogens with one attached hydrogen (secondary N) is 1. The zero-order valence-corrected chi connectivity index (χ0v) is 10.5. The van der Waals surface area contributed by atoms with Crippen LogP contribution in [0.15, 0.2) is 47.5 Å². The largest absolute Gasteiger partial charge is 0.260 e. The van der Waals surface area contributed by atoms with Gasteiger partial charge in [0.1, 0.15) is 16.5 Å². The van der Waals surface area contributed by atoms with Crippen LogP contribution in [0.1, 0.15) is 5.69 Å². The lowest BCUT2D eigenvalue weighted by Gasteiger charge is -2.07. The highest BCUT2D eigenvalue weighted by atomic mass is 32.2. The molecule has 0 radical (unpaired) electrons. The summed E-state index contributed by atoms with van der Waals surface area (Å²) in [4.78, 5) is 3.20. The van der Waals surface area contributed by atoms with Crippen molar-refractivity contribution in [3.8, 4) is 0 Å². The molecule has 100 valence electrons. The van der Waals surface area contributed by atoms with E-state index in [9.17, 15) is 17.2 Å². The predicted octanol–water partition coefficient (Wildman–Crippen LogP) is 1.84. The number of rotatable bonds is 4. The van der Waals surface area contributed by atoms with E-state index < -0.39 is 26.6 Å². The third-order valence-electron chi connectivity index (χ3n) is 2.35. The van der Waals surface area contributed by atoms with Gasteiger partial charge < -0.3 is 0 Å². The molecule has 0 spiro atoms. The van der Waals surface area contributed by atoms with Crippen LogP contribution in [0.25, 0.3) is 0 Å². The van der Waals surface area contributed by atoms with Crippen molar-refractivity contribution in [3.63, 3.8) is 0 Å². The van der Waals surface area contributed by atoms with Crippen molar-refractivity contribution in [1.82, 2.24) is 9.71 Å². The minimum absolute atomic E-state index is 0.0981. The van der Waals surface area contributed by atoms with Gasteiger partial charge in [0.15, 0.2) is 0 Å². The average molecular weight is 284 g/mol. The SMILES string of the molecule is O=S(=O)(NCc1ccccn1)c1cc(F)ccc1F. The van der Waals surface area contributed by atoms with Crippen LogP contribution in [0.2, 0.25) is 0 Å². The fourth-order valence-electron chi connectivity index (χ4n) is 1.43. The molecule has 1 heterocycles. The number of hydrogen-bond donors (Lipinski definition) is 1. The summed E-state index contributed by atoms with van der Waals surface area (Å²) < 4.78 is 52.2. The predicted molar refractivity (Wildman–Crippen MR) is 64.6 cm³/mol. The number of aromatic nitrogens is 1. The first-order valence-corrected chi connectivity index (χ1v) is 6.82. The lowest BCUT2D eigenvalue weighted by atomic mass is 10.3. The van der Waals surface area contributed by atoms with Gasteiger partial charge in [0.05, 0.1) is 12.2 Å². The molecular formula is C12H10F2N2O2S. The lowest BCUT2D eigenvalue weighted by Crippen LogP contribution is -2.24. The highest BCUT2D eigenvalue weighted by Crippen LogP contribution is 2.15. The van der Waals surface area contributed by atoms with Gasteiger partial charge in [-0.1, -0.05) is 6.07 Å². The quantitative estimate of drug-likeness (QED) is 0.932. The number of pyridine rings is 1. The molecule has 0 fully saturated rings. The summed E-state index contributed by atoms with van der Waals surface area (Å²) in [6.45, 7) is -0.0981. The molecule has 0 saturated carbocycles. The molecule has 0 saturated heterocycles. The zero-order valence-electron chi connectivity index (χ0n) is 9.68. The maximum atomic E-state index is 13.4. The smallest absolute Gasteiger partial charge is 0.243 e. The van der Waals surface area contributed by atoms with E-state index in [2.05, 4.69) is 9.71 Å². The Labute approximate surface area is 109 Å². The first-order chi connectivity index (χ1) is 8.99. The van der Waals surface area contributed by atoms with Crippen molar-refractivity contribution in [1.29, 1.82) is 0 Å². The van der Waals surface area contributed by atoms with Crippen molar-refractivity contribution in [3.05, 3.63) is 59.9 Å². The van der Waals surface area contributed by atoms with Gasteiger partial charge in [-0.3, -0.25) is 4.98 Å². The highest BCUT2D eigenvalue weighted by Gasteiger charge is 2.19. The molecule has 0 unspecified atom stereocenters. The topological polar surface area (TPSA) is 59.1 Å². The highest BCUT2D eigenvalue weighted by molar-refractivity contribution is 7.89. The Hall–Kier alpha value is -1.86. The van der Waals surface area contributed by atoms with Crippen LogP contribution >= 0.6 is 0 Å². The second-order valence-corrected chi connectivity index (χ2v) is 5.46. The Morgan fingerprint density at radius 1 is 1.16 bits per heavy atom. The van der Waals surface area contributed by atoms with Crippen molar-refractivity contribution in [2.45, 2.75) is 11.4 Å². The molecule has 1 aromatic heterocycles. The van der Waals surface area contributed by atoms with Gasteiger partial charge in [0.25, 0.3) is 0 Å². The molecule has 0 atom stereocenters. The molecule has 1 N–H and O–H groups in total. The summed E-state index contributed by atoms with van der Waals surface area (Å²) in [5.74, 6) is -1.82.